The lowest BCUT2D eigenvalue weighted by Gasteiger charge is -2.22. The van der Waals surface area contributed by atoms with Crippen LogP contribution in [0.15, 0.2) is 54.6 Å². The van der Waals surface area contributed by atoms with Crippen molar-refractivity contribution in [2.75, 3.05) is 30.3 Å². The molecule has 2 aromatic rings. The number of carbonyl (C=O) groups is 1. The number of nitrogens with one attached hydrogen (secondary N) is 1. The third-order valence-electron chi connectivity index (χ3n) is 3.48. The van der Waals surface area contributed by atoms with Gasteiger partial charge in [0.2, 0.25) is 15.9 Å². The Kier molecular flexibility index (Phi) is 7.85. The molecule has 0 aromatic heterocycles. The molecule has 0 radical (unpaired) electrons. The van der Waals surface area contributed by atoms with Gasteiger partial charge in [-0.1, -0.05) is 30.3 Å². The summed E-state index contributed by atoms with van der Waals surface area (Å²) in [6, 6.07) is 16.7. The Hall–Kier alpha value is -1.65. The molecule has 0 atom stereocenters. The minimum atomic E-state index is -3.56. The SMILES string of the molecule is CS(=O)(=O)N(CC(=O)NCCOCc1ccccc1)c1ccc(I)cc1. The van der Waals surface area contributed by atoms with Crippen molar-refractivity contribution in [1.29, 1.82) is 0 Å². The van der Waals surface area contributed by atoms with E-state index in [-0.39, 0.29) is 12.5 Å². The molecule has 1 amide bonds. The van der Waals surface area contributed by atoms with Crippen LogP contribution in [0, 0.1) is 3.57 Å². The molecule has 0 unspecified atom stereocenters. The van der Waals surface area contributed by atoms with Gasteiger partial charge < -0.3 is 10.1 Å². The van der Waals surface area contributed by atoms with E-state index in [1.807, 2.05) is 30.3 Å². The molecule has 26 heavy (non-hydrogen) atoms. The highest BCUT2D eigenvalue weighted by Gasteiger charge is 2.20. The predicted molar refractivity (Wildman–Crippen MR) is 110 cm³/mol. The van der Waals surface area contributed by atoms with Crippen LogP contribution >= 0.6 is 22.6 Å². The second-order valence-corrected chi connectivity index (χ2v) is 8.79. The van der Waals surface area contributed by atoms with Crippen LogP contribution in [0.5, 0.6) is 0 Å². The Morgan fingerprint density at radius 3 is 2.38 bits per heavy atom. The van der Waals surface area contributed by atoms with Gasteiger partial charge in [0.15, 0.2) is 0 Å². The van der Waals surface area contributed by atoms with E-state index in [9.17, 15) is 13.2 Å². The molecule has 0 heterocycles. The number of rotatable bonds is 9. The van der Waals surface area contributed by atoms with E-state index in [0.717, 1.165) is 19.7 Å². The van der Waals surface area contributed by atoms with Crippen LogP contribution in [-0.4, -0.2) is 40.3 Å². The summed E-state index contributed by atoms with van der Waals surface area (Å²) in [7, 11) is -3.56. The minimum Gasteiger partial charge on any atom is -0.375 e. The molecular formula is C18H21IN2O4S. The van der Waals surface area contributed by atoms with E-state index in [2.05, 4.69) is 27.9 Å². The predicted octanol–water partition coefficient (Wildman–Crippen LogP) is 2.39. The van der Waals surface area contributed by atoms with Gasteiger partial charge in [-0.25, -0.2) is 8.42 Å². The van der Waals surface area contributed by atoms with Crippen molar-refractivity contribution in [1.82, 2.24) is 5.32 Å². The van der Waals surface area contributed by atoms with E-state index >= 15 is 0 Å². The van der Waals surface area contributed by atoms with Crippen LogP contribution in [-0.2, 0) is 26.2 Å². The Morgan fingerprint density at radius 1 is 1.12 bits per heavy atom. The van der Waals surface area contributed by atoms with Crippen LogP contribution < -0.4 is 9.62 Å². The molecule has 0 aliphatic rings. The van der Waals surface area contributed by atoms with Gasteiger partial charge >= 0.3 is 0 Å². The number of carbonyl (C=O) groups excluding carboxylic acids is 1. The van der Waals surface area contributed by atoms with Gasteiger partial charge in [-0.15, -0.1) is 0 Å². The largest absolute Gasteiger partial charge is 0.375 e. The number of ether oxygens (including phenoxy) is 1. The second-order valence-electron chi connectivity index (χ2n) is 5.63. The number of nitrogens with zero attached hydrogens (tertiary/aromatic N) is 1. The molecule has 0 aliphatic heterocycles. The summed E-state index contributed by atoms with van der Waals surface area (Å²) >= 11 is 2.14. The van der Waals surface area contributed by atoms with Crippen molar-refractivity contribution in [3.63, 3.8) is 0 Å². The average Bonchev–Trinajstić information content (AvgIpc) is 2.60. The standard InChI is InChI=1S/C18H21IN2O4S/c1-26(23,24)21(17-9-7-16(19)8-10-17)13-18(22)20-11-12-25-14-15-5-3-2-4-6-15/h2-10H,11-14H2,1H3,(H,20,22). The first-order valence-electron chi connectivity index (χ1n) is 7.98. The summed E-state index contributed by atoms with van der Waals surface area (Å²) in [5, 5.41) is 2.68. The summed E-state index contributed by atoms with van der Waals surface area (Å²) in [4.78, 5) is 12.1. The summed E-state index contributed by atoms with van der Waals surface area (Å²) in [5.74, 6) is -0.378. The molecule has 0 aliphatic carbocycles. The summed E-state index contributed by atoms with van der Waals surface area (Å²) < 4.78 is 31.6. The van der Waals surface area contributed by atoms with E-state index in [1.54, 1.807) is 24.3 Å². The van der Waals surface area contributed by atoms with Crippen molar-refractivity contribution < 1.29 is 17.9 Å². The van der Waals surface area contributed by atoms with Crippen LogP contribution in [0.25, 0.3) is 0 Å². The lowest BCUT2D eigenvalue weighted by Crippen LogP contribution is -2.41. The van der Waals surface area contributed by atoms with Gasteiger partial charge in [-0.2, -0.15) is 0 Å². The number of amides is 1. The fourth-order valence-electron chi connectivity index (χ4n) is 2.22. The van der Waals surface area contributed by atoms with Gasteiger partial charge in [0.25, 0.3) is 0 Å². The third kappa shape index (κ3) is 6.93. The summed E-state index contributed by atoms with van der Waals surface area (Å²) in [5.41, 5.74) is 1.52. The molecule has 8 heteroatoms. The molecule has 2 rings (SSSR count). The molecule has 0 saturated carbocycles. The molecule has 1 N–H and O–H groups in total. The number of sulfonamides is 1. The zero-order chi connectivity index (χ0) is 19.0. The molecule has 0 fully saturated rings. The van der Waals surface area contributed by atoms with Gasteiger partial charge in [0, 0.05) is 10.1 Å². The number of halogens is 1. The highest BCUT2D eigenvalue weighted by Crippen LogP contribution is 2.18. The quantitative estimate of drug-likeness (QED) is 0.435. The maximum absolute atomic E-state index is 12.1. The Labute approximate surface area is 167 Å². The second kappa shape index (κ2) is 9.89. The average molecular weight is 488 g/mol. The Bertz CT molecular complexity index is 811. The first-order chi connectivity index (χ1) is 12.4. The Morgan fingerprint density at radius 2 is 1.77 bits per heavy atom. The topological polar surface area (TPSA) is 75.7 Å². The smallest absolute Gasteiger partial charge is 0.240 e. The van der Waals surface area contributed by atoms with E-state index in [1.165, 1.54) is 0 Å². The summed E-state index contributed by atoms with van der Waals surface area (Å²) in [6.45, 7) is 0.867. The van der Waals surface area contributed by atoms with Gasteiger partial charge in [-0.05, 0) is 52.4 Å². The lowest BCUT2D eigenvalue weighted by molar-refractivity contribution is -0.119. The van der Waals surface area contributed by atoms with Gasteiger partial charge in [0.1, 0.15) is 6.54 Å². The highest BCUT2D eigenvalue weighted by molar-refractivity contribution is 14.1. The van der Waals surface area contributed by atoms with Crippen molar-refractivity contribution >= 4 is 44.2 Å². The lowest BCUT2D eigenvalue weighted by atomic mass is 10.2. The number of hydrogen-bond donors (Lipinski definition) is 1. The fourth-order valence-corrected chi connectivity index (χ4v) is 3.44. The van der Waals surface area contributed by atoms with Crippen molar-refractivity contribution in [3.05, 3.63) is 63.7 Å². The van der Waals surface area contributed by atoms with E-state index in [4.69, 9.17) is 4.74 Å². The maximum atomic E-state index is 12.1. The molecule has 0 bridgehead atoms. The number of anilines is 1. The number of benzene rings is 2. The molecule has 0 saturated heterocycles. The first-order valence-corrected chi connectivity index (χ1v) is 10.9. The van der Waals surface area contributed by atoms with Crippen molar-refractivity contribution in [2.24, 2.45) is 0 Å². The van der Waals surface area contributed by atoms with Crippen LogP contribution in [0.2, 0.25) is 0 Å². The zero-order valence-electron chi connectivity index (χ0n) is 14.4. The summed E-state index contributed by atoms with van der Waals surface area (Å²) in [6.07, 6.45) is 1.08. The van der Waals surface area contributed by atoms with Crippen LogP contribution in [0.1, 0.15) is 5.56 Å². The minimum absolute atomic E-state index is 0.266. The molecule has 0 spiro atoms. The maximum Gasteiger partial charge on any atom is 0.240 e. The monoisotopic (exact) mass is 488 g/mol. The molecule has 140 valence electrons. The normalized spacial score (nSPS) is 11.2. The van der Waals surface area contributed by atoms with Crippen LogP contribution in [0.4, 0.5) is 5.69 Å². The first kappa shape index (κ1) is 20.7. The fraction of sp³-hybridized carbons (Fsp3) is 0.278. The molecular weight excluding hydrogens is 467 g/mol. The van der Waals surface area contributed by atoms with E-state index < -0.39 is 10.0 Å². The third-order valence-corrected chi connectivity index (χ3v) is 5.34. The van der Waals surface area contributed by atoms with E-state index in [0.29, 0.717) is 25.4 Å². The van der Waals surface area contributed by atoms with Gasteiger partial charge in [-0.3, -0.25) is 9.10 Å². The molecule has 2 aromatic carbocycles. The van der Waals surface area contributed by atoms with Gasteiger partial charge in [0.05, 0.1) is 25.2 Å². The van der Waals surface area contributed by atoms with Crippen molar-refractivity contribution in [2.45, 2.75) is 6.61 Å². The zero-order valence-corrected chi connectivity index (χ0v) is 17.4. The van der Waals surface area contributed by atoms with Crippen molar-refractivity contribution in [3.8, 4) is 0 Å². The number of hydrogen-bond acceptors (Lipinski definition) is 4. The highest BCUT2D eigenvalue weighted by atomic mass is 127. The molecule has 6 nitrogen and oxygen atoms in total. The Balaban J connectivity index is 1.81. The van der Waals surface area contributed by atoms with Crippen LogP contribution in [0.3, 0.4) is 0 Å².